The number of H-pyrrole nitrogens is 1. The fourth-order valence-electron chi connectivity index (χ4n) is 4.16. The molecule has 0 radical (unpaired) electrons. The lowest BCUT2D eigenvalue weighted by atomic mass is 10.0. The summed E-state index contributed by atoms with van der Waals surface area (Å²) >= 11 is 12.2. The van der Waals surface area contributed by atoms with Crippen LogP contribution in [0.2, 0.25) is 10.0 Å². The van der Waals surface area contributed by atoms with Gasteiger partial charge in [-0.1, -0.05) is 36.2 Å². The number of halogens is 3. The number of carbonyl (C=O) groups excluding carboxylic acids is 2. The van der Waals surface area contributed by atoms with Crippen molar-refractivity contribution in [2.24, 2.45) is 0 Å². The smallest absolute Gasteiger partial charge is 0.294 e. The van der Waals surface area contributed by atoms with E-state index in [0.717, 1.165) is 17.0 Å². The van der Waals surface area contributed by atoms with Crippen molar-refractivity contribution in [3.8, 4) is 5.69 Å². The van der Waals surface area contributed by atoms with Gasteiger partial charge in [0.25, 0.3) is 17.2 Å². The van der Waals surface area contributed by atoms with Crippen LogP contribution in [0.4, 0.5) is 10.1 Å². The molecule has 0 saturated carbocycles. The molecule has 1 aliphatic rings. The summed E-state index contributed by atoms with van der Waals surface area (Å²) in [6.07, 6.45) is 3.60. The van der Waals surface area contributed by atoms with Gasteiger partial charge in [-0.2, -0.15) is 4.57 Å². The van der Waals surface area contributed by atoms with Crippen molar-refractivity contribution in [2.45, 2.75) is 13.3 Å². The van der Waals surface area contributed by atoms with E-state index >= 15 is 0 Å². The molecular weight excluding hydrogens is 506 g/mol. The Hall–Kier alpha value is -4.01. The second-order valence-electron chi connectivity index (χ2n) is 7.99. The molecule has 5 rings (SSSR count). The number of nitrogens with one attached hydrogen (secondary N) is 1. The van der Waals surface area contributed by atoms with Gasteiger partial charge in [0.1, 0.15) is 11.4 Å². The Morgan fingerprint density at radius 2 is 1.56 bits per heavy atom. The quantitative estimate of drug-likeness (QED) is 0.311. The van der Waals surface area contributed by atoms with Gasteiger partial charge >= 0.3 is 5.91 Å². The number of aryl methyl sites for hydroxylation is 1. The molecule has 180 valence electrons. The molecule has 36 heavy (non-hydrogen) atoms. The number of nitrogens with zero attached hydrogens (tertiary/aromatic N) is 3. The number of carbonyl (C=O) groups is 2. The van der Waals surface area contributed by atoms with Crippen LogP contribution in [0.15, 0.2) is 77.9 Å². The number of pyridine rings is 1. The van der Waals surface area contributed by atoms with Crippen LogP contribution in [0.1, 0.15) is 18.2 Å². The van der Waals surface area contributed by atoms with Crippen LogP contribution in [0.3, 0.4) is 0 Å². The van der Waals surface area contributed by atoms with Crippen molar-refractivity contribution >= 4 is 52.0 Å². The van der Waals surface area contributed by atoms with Gasteiger partial charge in [0.15, 0.2) is 12.4 Å². The Labute approximate surface area is 214 Å². The summed E-state index contributed by atoms with van der Waals surface area (Å²) in [5.41, 5.74) is 0.548. The van der Waals surface area contributed by atoms with Crippen molar-refractivity contribution < 1.29 is 18.5 Å². The molecule has 0 atom stereocenters. The number of aromatic amines is 1. The van der Waals surface area contributed by atoms with E-state index in [-0.39, 0.29) is 27.5 Å². The summed E-state index contributed by atoms with van der Waals surface area (Å²) in [5, 5.41) is 3.62. The fraction of sp³-hybridized carbons (Fsp3) is 0.0769. The van der Waals surface area contributed by atoms with E-state index < -0.39 is 23.2 Å². The van der Waals surface area contributed by atoms with Crippen molar-refractivity contribution in [1.29, 1.82) is 0 Å². The Bertz CT molecular complexity index is 1610. The van der Waals surface area contributed by atoms with Crippen LogP contribution in [0.5, 0.6) is 0 Å². The molecular formula is C26H18Cl2FN4O3+. The van der Waals surface area contributed by atoms with Gasteiger partial charge < -0.3 is 0 Å². The zero-order valence-electron chi connectivity index (χ0n) is 18.8. The van der Waals surface area contributed by atoms with Gasteiger partial charge in [-0.25, -0.2) is 14.0 Å². The topological polar surface area (TPSA) is 79.1 Å². The van der Waals surface area contributed by atoms with Gasteiger partial charge in [-0.3, -0.25) is 19.5 Å². The third-order valence-electron chi connectivity index (χ3n) is 5.85. The Kier molecular flexibility index (Phi) is 6.07. The maximum absolute atomic E-state index is 13.8. The molecule has 0 unspecified atom stereocenters. The number of anilines is 1. The number of amides is 2. The van der Waals surface area contributed by atoms with Gasteiger partial charge in [0, 0.05) is 17.8 Å². The molecule has 2 aromatic carbocycles. The highest BCUT2D eigenvalue weighted by atomic mass is 35.5. The van der Waals surface area contributed by atoms with Crippen LogP contribution in [0, 0.1) is 5.82 Å². The lowest BCUT2D eigenvalue weighted by Crippen LogP contribution is -2.39. The summed E-state index contributed by atoms with van der Waals surface area (Å²) in [5.74, 6) is -1.83. The molecule has 1 aliphatic heterocycles. The first-order valence-electron chi connectivity index (χ1n) is 11.0. The monoisotopic (exact) mass is 523 g/mol. The minimum Gasteiger partial charge on any atom is -0.294 e. The molecule has 0 fully saturated rings. The molecule has 0 saturated heterocycles. The van der Waals surface area contributed by atoms with Gasteiger partial charge in [-0.15, -0.1) is 0 Å². The molecule has 1 N–H and O–H groups in total. The lowest BCUT2D eigenvalue weighted by Gasteiger charge is -2.13. The van der Waals surface area contributed by atoms with Gasteiger partial charge in [0.05, 0.1) is 27.0 Å². The molecule has 2 aromatic heterocycles. The van der Waals surface area contributed by atoms with E-state index in [1.807, 2.05) is 6.92 Å². The van der Waals surface area contributed by atoms with Crippen LogP contribution in [-0.4, -0.2) is 21.6 Å². The SMILES string of the molecule is CCc1[nH]n(-c2ccc(Cl)c(Cl)c2)c(=O)c1C1=C([n+]2ccccc2)C(=O)N(c2ccc(F)cc2)C1=O. The Morgan fingerprint density at radius 3 is 2.19 bits per heavy atom. The largest absolute Gasteiger partial charge is 0.331 e. The number of hydrogen-bond acceptors (Lipinski definition) is 3. The maximum atomic E-state index is 13.8. The average molecular weight is 524 g/mol. The summed E-state index contributed by atoms with van der Waals surface area (Å²) in [4.78, 5) is 42.1. The van der Waals surface area contributed by atoms with Crippen LogP contribution >= 0.6 is 23.2 Å². The highest BCUT2D eigenvalue weighted by Crippen LogP contribution is 2.34. The van der Waals surface area contributed by atoms with E-state index in [4.69, 9.17) is 23.2 Å². The van der Waals surface area contributed by atoms with Gasteiger partial charge in [0.2, 0.25) is 0 Å². The zero-order valence-corrected chi connectivity index (χ0v) is 20.3. The van der Waals surface area contributed by atoms with E-state index in [0.29, 0.717) is 22.8 Å². The first-order valence-corrected chi connectivity index (χ1v) is 11.7. The van der Waals surface area contributed by atoms with Crippen molar-refractivity contribution in [2.75, 3.05) is 4.90 Å². The minimum absolute atomic E-state index is 0.0111. The predicted molar refractivity (Wildman–Crippen MR) is 134 cm³/mol. The molecule has 7 nitrogen and oxygen atoms in total. The molecule has 2 amide bonds. The number of aromatic nitrogens is 3. The van der Waals surface area contributed by atoms with E-state index in [1.54, 1.807) is 42.7 Å². The first-order chi connectivity index (χ1) is 17.3. The lowest BCUT2D eigenvalue weighted by molar-refractivity contribution is -0.576. The molecule has 10 heteroatoms. The highest BCUT2D eigenvalue weighted by molar-refractivity contribution is 6.53. The number of imide groups is 1. The molecule has 0 bridgehead atoms. The van der Waals surface area contributed by atoms with Crippen LogP contribution < -0.4 is 15.0 Å². The van der Waals surface area contributed by atoms with Crippen LogP contribution in [0.25, 0.3) is 17.0 Å². The zero-order chi connectivity index (χ0) is 25.6. The molecule has 3 heterocycles. The second kappa shape index (κ2) is 9.22. The van der Waals surface area contributed by atoms with E-state index in [9.17, 15) is 18.8 Å². The average Bonchev–Trinajstić information content (AvgIpc) is 3.34. The van der Waals surface area contributed by atoms with Crippen molar-refractivity contribution in [3.63, 3.8) is 0 Å². The standard InChI is InChI=1S/C26H17Cl2FN4O3/c1-2-20-21(25(35)33(30-20)17-10-11-18(27)19(28)14-17)22-23(31-12-4-3-5-13-31)26(36)32(24(22)34)16-8-6-15(29)7-9-16/h3-14H,2H2,1H3/p+1. The van der Waals surface area contributed by atoms with Crippen molar-refractivity contribution in [1.82, 2.24) is 9.78 Å². The third kappa shape index (κ3) is 3.84. The number of rotatable bonds is 5. The number of benzene rings is 2. The molecule has 0 aliphatic carbocycles. The minimum atomic E-state index is -0.690. The molecule has 0 spiro atoms. The summed E-state index contributed by atoms with van der Waals surface area (Å²) < 4.78 is 16.3. The van der Waals surface area contributed by atoms with Crippen molar-refractivity contribution in [3.05, 3.63) is 111 Å². The third-order valence-corrected chi connectivity index (χ3v) is 6.59. The normalized spacial score (nSPS) is 13.7. The van der Waals surface area contributed by atoms with Crippen LogP contribution in [-0.2, 0) is 16.0 Å². The summed E-state index contributed by atoms with van der Waals surface area (Å²) in [7, 11) is 0. The van der Waals surface area contributed by atoms with E-state index in [1.165, 1.54) is 27.4 Å². The maximum Gasteiger partial charge on any atom is 0.331 e. The highest BCUT2D eigenvalue weighted by Gasteiger charge is 2.48. The predicted octanol–water partition coefficient (Wildman–Crippen LogP) is 4.40. The van der Waals surface area contributed by atoms with Gasteiger partial charge in [-0.05, 0) is 48.9 Å². The van der Waals surface area contributed by atoms with E-state index in [2.05, 4.69) is 5.10 Å². The second-order valence-corrected chi connectivity index (χ2v) is 8.80. The summed E-state index contributed by atoms with van der Waals surface area (Å²) in [6.45, 7) is 1.82. The first kappa shape index (κ1) is 23.7. The number of hydrogen-bond donors (Lipinski definition) is 1. The summed E-state index contributed by atoms with van der Waals surface area (Å²) in [6, 6.07) is 14.9. The Balaban J connectivity index is 1.76. The Morgan fingerprint density at radius 1 is 0.889 bits per heavy atom. The fourth-order valence-corrected chi connectivity index (χ4v) is 4.45. The molecule has 4 aromatic rings.